The SMILES string of the molecule is CC(C)CN(Cc1nc2ccccc2n1Cc1ccccc1)C(=O)c1ccc(F)cc1F. The minimum absolute atomic E-state index is 0.141. The van der Waals surface area contributed by atoms with Crippen LogP contribution in [-0.4, -0.2) is 26.9 Å². The zero-order valence-corrected chi connectivity index (χ0v) is 18.1. The van der Waals surface area contributed by atoms with E-state index in [0.29, 0.717) is 18.9 Å². The first-order valence-corrected chi connectivity index (χ1v) is 10.6. The van der Waals surface area contributed by atoms with Gasteiger partial charge in [-0.05, 0) is 35.7 Å². The van der Waals surface area contributed by atoms with Gasteiger partial charge in [0.2, 0.25) is 0 Å². The molecule has 4 nitrogen and oxygen atoms in total. The number of rotatable bonds is 7. The van der Waals surface area contributed by atoms with Crippen molar-refractivity contribution < 1.29 is 13.6 Å². The molecule has 1 aromatic heterocycles. The summed E-state index contributed by atoms with van der Waals surface area (Å²) in [7, 11) is 0. The van der Waals surface area contributed by atoms with Crippen LogP contribution in [-0.2, 0) is 13.1 Å². The first kappa shape index (κ1) is 21.7. The van der Waals surface area contributed by atoms with Gasteiger partial charge in [0.15, 0.2) is 0 Å². The molecule has 3 aromatic carbocycles. The fourth-order valence-electron chi connectivity index (χ4n) is 3.85. The first-order chi connectivity index (χ1) is 15.4. The summed E-state index contributed by atoms with van der Waals surface area (Å²) >= 11 is 0. The standard InChI is InChI=1S/C26H25F2N3O/c1-18(2)15-30(26(32)21-13-12-20(27)14-22(21)28)17-25-29-23-10-6-7-11-24(23)31(25)16-19-8-4-3-5-9-19/h3-14,18H,15-17H2,1-2H3. The molecule has 6 heteroatoms. The lowest BCUT2D eigenvalue weighted by atomic mass is 10.1. The average molecular weight is 434 g/mol. The van der Waals surface area contributed by atoms with Gasteiger partial charge in [0.25, 0.3) is 5.91 Å². The molecule has 0 radical (unpaired) electrons. The second-order valence-corrected chi connectivity index (χ2v) is 8.29. The van der Waals surface area contributed by atoms with E-state index < -0.39 is 17.5 Å². The lowest BCUT2D eigenvalue weighted by molar-refractivity contribution is 0.0711. The Labute approximate surface area is 186 Å². The molecule has 4 aromatic rings. The highest BCUT2D eigenvalue weighted by Gasteiger charge is 2.23. The fourth-order valence-corrected chi connectivity index (χ4v) is 3.85. The first-order valence-electron chi connectivity index (χ1n) is 10.6. The third-order valence-electron chi connectivity index (χ3n) is 5.28. The van der Waals surface area contributed by atoms with Crippen molar-refractivity contribution in [1.29, 1.82) is 0 Å². The van der Waals surface area contributed by atoms with Crippen LogP contribution < -0.4 is 0 Å². The zero-order chi connectivity index (χ0) is 22.7. The highest BCUT2D eigenvalue weighted by Crippen LogP contribution is 2.21. The summed E-state index contributed by atoms with van der Waals surface area (Å²) in [5.74, 6) is -1.17. The molecule has 0 spiro atoms. The number of amides is 1. The van der Waals surface area contributed by atoms with E-state index in [2.05, 4.69) is 4.57 Å². The molecule has 0 atom stereocenters. The molecule has 0 unspecified atom stereocenters. The Kier molecular flexibility index (Phi) is 6.30. The Hall–Kier alpha value is -3.54. The molecule has 1 amide bonds. The Bertz CT molecular complexity index is 1230. The normalized spacial score (nSPS) is 11.3. The zero-order valence-electron chi connectivity index (χ0n) is 18.1. The number of benzene rings is 3. The van der Waals surface area contributed by atoms with Gasteiger partial charge >= 0.3 is 0 Å². The Morgan fingerprint density at radius 3 is 2.44 bits per heavy atom. The van der Waals surface area contributed by atoms with E-state index in [1.807, 2.05) is 68.4 Å². The summed E-state index contributed by atoms with van der Waals surface area (Å²) < 4.78 is 29.8. The van der Waals surface area contributed by atoms with Gasteiger partial charge in [-0.1, -0.05) is 56.3 Å². The van der Waals surface area contributed by atoms with E-state index in [1.165, 1.54) is 6.07 Å². The van der Waals surface area contributed by atoms with Crippen molar-refractivity contribution in [1.82, 2.24) is 14.5 Å². The molecule has 1 heterocycles. The van der Waals surface area contributed by atoms with E-state index in [9.17, 15) is 13.6 Å². The summed E-state index contributed by atoms with van der Waals surface area (Å²) in [5, 5.41) is 0. The molecule has 0 aliphatic rings. The van der Waals surface area contributed by atoms with Crippen molar-refractivity contribution in [2.75, 3.05) is 6.54 Å². The van der Waals surface area contributed by atoms with Crippen LogP contribution in [0.1, 0.15) is 35.6 Å². The summed E-state index contributed by atoms with van der Waals surface area (Å²) in [5.41, 5.74) is 2.78. The predicted octanol–water partition coefficient (Wildman–Crippen LogP) is 5.66. The van der Waals surface area contributed by atoms with E-state index in [4.69, 9.17) is 4.98 Å². The highest BCUT2D eigenvalue weighted by molar-refractivity contribution is 5.94. The number of halogens is 2. The van der Waals surface area contributed by atoms with Crippen molar-refractivity contribution in [3.05, 3.63) is 101 Å². The van der Waals surface area contributed by atoms with Crippen LogP contribution in [0.3, 0.4) is 0 Å². The van der Waals surface area contributed by atoms with Gasteiger partial charge in [-0.3, -0.25) is 4.79 Å². The Balaban J connectivity index is 1.72. The minimum Gasteiger partial charge on any atom is -0.331 e. The summed E-state index contributed by atoms with van der Waals surface area (Å²) in [6.45, 7) is 5.23. The van der Waals surface area contributed by atoms with Crippen molar-refractivity contribution in [3.8, 4) is 0 Å². The smallest absolute Gasteiger partial charge is 0.257 e. The van der Waals surface area contributed by atoms with Crippen molar-refractivity contribution in [2.45, 2.75) is 26.9 Å². The number of carbonyl (C=O) groups excluding carboxylic acids is 1. The van der Waals surface area contributed by atoms with Crippen LogP contribution in [0.25, 0.3) is 11.0 Å². The van der Waals surface area contributed by atoms with Gasteiger partial charge in [0.1, 0.15) is 17.5 Å². The molecule has 0 bridgehead atoms. The van der Waals surface area contributed by atoms with Crippen LogP contribution in [0, 0.1) is 17.6 Å². The van der Waals surface area contributed by atoms with Gasteiger partial charge in [-0.25, -0.2) is 13.8 Å². The van der Waals surface area contributed by atoms with Crippen molar-refractivity contribution in [3.63, 3.8) is 0 Å². The quantitative estimate of drug-likeness (QED) is 0.377. The van der Waals surface area contributed by atoms with Gasteiger partial charge in [-0.2, -0.15) is 0 Å². The summed E-state index contributed by atoms with van der Waals surface area (Å²) in [6, 6.07) is 20.9. The molecule has 0 aliphatic carbocycles. The fraction of sp³-hybridized carbons (Fsp3) is 0.231. The van der Waals surface area contributed by atoms with E-state index in [1.54, 1.807) is 4.90 Å². The maximum atomic E-state index is 14.4. The number of nitrogens with zero attached hydrogens (tertiary/aromatic N) is 3. The third kappa shape index (κ3) is 4.69. The number of carbonyl (C=O) groups is 1. The highest BCUT2D eigenvalue weighted by atomic mass is 19.1. The van der Waals surface area contributed by atoms with Crippen LogP contribution in [0.2, 0.25) is 0 Å². The Morgan fingerprint density at radius 2 is 1.72 bits per heavy atom. The second kappa shape index (κ2) is 9.30. The number of imidazole rings is 1. The van der Waals surface area contributed by atoms with Crippen LogP contribution in [0.15, 0.2) is 72.8 Å². The number of aromatic nitrogens is 2. The summed E-state index contributed by atoms with van der Waals surface area (Å²) in [6.07, 6.45) is 0. The van der Waals surface area contributed by atoms with E-state index in [0.717, 1.165) is 28.7 Å². The number of para-hydroxylation sites is 2. The molecule has 0 saturated carbocycles. The molecule has 0 aliphatic heterocycles. The second-order valence-electron chi connectivity index (χ2n) is 8.29. The topological polar surface area (TPSA) is 38.1 Å². The largest absolute Gasteiger partial charge is 0.331 e. The number of hydrogen-bond acceptors (Lipinski definition) is 2. The summed E-state index contributed by atoms with van der Waals surface area (Å²) in [4.78, 5) is 19.6. The average Bonchev–Trinajstić information content (AvgIpc) is 3.10. The molecular formula is C26H25F2N3O. The van der Waals surface area contributed by atoms with Crippen LogP contribution in [0.5, 0.6) is 0 Å². The van der Waals surface area contributed by atoms with E-state index >= 15 is 0 Å². The molecule has 0 fully saturated rings. The van der Waals surface area contributed by atoms with Crippen LogP contribution in [0.4, 0.5) is 8.78 Å². The molecular weight excluding hydrogens is 408 g/mol. The van der Waals surface area contributed by atoms with Crippen LogP contribution >= 0.6 is 0 Å². The van der Waals surface area contributed by atoms with Gasteiger partial charge in [-0.15, -0.1) is 0 Å². The molecule has 0 N–H and O–H groups in total. The molecule has 32 heavy (non-hydrogen) atoms. The maximum absolute atomic E-state index is 14.4. The number of fused-ring (bicyclic) bond motifs is 1. The third-order valence-corrected chi connectivity index (χ3v) is 5.28. The number of hydrogen-bond donors (Lipinski definition) is 0. The maximum Gasteiger partial charge on any atom is 0.257 e. The van der Waals surface area contributed by atoms with E-state index in [-0.39, 0.29) is 18.0 Å². The van der Waals surface area contributed by atoms with Gasteiger partial charge in [0, 0.05) is 19.2 Å². The molecule has 164 valence electrons. The predicted molar refractivity (Wildman–Crippen MR) is 121 cm³/mol. The van der Waals surface area contributed by atoms with Gasteiger partial charge < -0.3 is 9.47 Å². The molecule has 4 rings (SSSR count). The lowest BCUT2D eigenvalue weighted by Gasteiger charge is -2.25. The van der Waals surface area contributed by atoms with Gasteiger partial charge in [0.05, 0.1) is 23.1 Å². The Morgan fingerprint density at radius 1 is 1.00 bits per heavy atom. The monoisotopic (exact) mass is 433 g/mol. The minimum atomic E-state index is -0.860. The molecule has 0 saturated heterocycles. The van der Waals surface area contributed by atoms with Crippen molar-refractivity contribution in [2.24, 2.45) is 5.92 Å². The van der Waals surface area contributed by atoms with Crippen molar-refractivity contribution >= 4 is 16.9 Å². The lowest BCUT2D eigenvalue weighted by Crippen LogP contribution is -2.35.